The molecule has 0 spiro atoms. The molecule has 2 N–H and O–H groups in total. The van der Waals surface area contributed by atoms with Gasteiger partial charge in [0.25, 0.3) is 0 Å². The van der Waals surface area contributed by atoms with E-state index in [4.69, 9.17) is 0 Å². The molecular weight excluding hydrogens is 419 g/mol. The SMILES string of the molecule is Cc1cnc(NC2CCC(C(=O)N[C@H](C)c3ccccc3C(F)(F)F)CC2)nc1N(C)C. The number of anilines is 2. The van der Waals surface area contributed by atoms with Crippen LogP contribution in [0.2, 0.25) is 0 Å². The van der Waals surface area contributed by atoms with Crippen molar-refractivity contribution in [2.45, 2.75) is 57.8 Å². The Kier molecular flexibility index (Phi) is 7.26. The lowest BCUT2D eigenvalue weighted by Crippen LogP contribution is -2.37. The molecule has 0 aliphatic heterocycles. The predicted octanol–water partition coefficient (Wildman–Crippen LogP) is 4.72. The van der Waals surface area contributed by atoms with Crippen LogP contribution in [0.5, 0.6) is 0 Å². The van der Waals surface area contributed by atoms with Gasteiger partial charge in [-0.15, -0.1) is 0 Å². The molecule has 1 aromatic carbocycles. The Morgan fingerprint density at radius 3 is 2.44 bits per heavy atom. The van der Waals surface area contributed by atoms with Crippen LogP contribution in [0.25, 0.3) is 0 Å². The lowest BCUT2D eigenvalue weighted by Gasteiger charge is -2.30. The molecule has 2 aromatic rings. The molecule has 0 unspecified atom stereocenters. The zero-order chi connectivity index (χ0) is 23.5. The topological polar surface area (TPSA) is 70.1 Å². The number of hydrogen-bond donors (Lipinski definition) is 2. The molecule has 1 amide bonds. The van der Waals surface area contributed by atoms with Gasteiger partial charge in [0.1, 0.15) is 5.82 Å². The molecule has 1 saturated carbocycles. The lowest BCUT2D eigenvalue weighted by molar-refractivity contribution is -0.139. The molecule has 1 aliphatic carbocycles. The average Bonchev–Trinajstić information content (AvgIpc) is 2.74. The van der Waals surface area contributed by atoms with Crippen molar-refractivity contribution in [1.82, 2.24) is 15.3 Å². The minimum absolute atomic E-state index is 0.0805. The number of nitrogens with one attached hydrogen (secondary N) is 2. The molecule has 1 fully saturated rings. The summed E-state index contributed by atoms with van der Waals surface area (Å²) in [6.45, 7) is 3.55. The Hall–Kier alpha value is -2.84. The number of nitrogens with zero attached hydrogens (tertiary/aromatic N) is 3. The minimum atomic E-state index is -4.45. The summed E-state index contributed by atoms with van der Waals surface area (Å²) in [5.41, 5.74) is 0.356. The molecule has 32 heavy (non-hydrogen) atoms. The van der Waals surface area contributed by atoms with Gasteiger partial charge in [0, 0.05) is 37.8 Å². The van der Waals surface area contributed by atoms with Crippen molar-refractivity contribution in [3.63, 3.8) is 0 Å². The largest absolute Gasteiger partial charge is 0.416 e. The monoisotopic (exact) mass is 449 g/mol. The van der Waals surface area contributed by atoms with E-state index < -0.39 is 17.8 Å². The van der Waals surface area contributed by atoms with E-state index in [1.807, 2.05) is 25.9 Å². The van der Waals surface area contributed by atoms with Gasteiger partial charge in [-0.3, -0.25) is 4.79 Å². The second kappa shape index (κ2) is 9.75. The molecular formula is C23H30F3N5O. The molecule has 0 bridgehead atoms. The van der Waals surface area contributed by atoms with Gasteiger partial charge in [-0.1, -0.05) is 18.2 Å². The highest BCUT2D eigenvalue weighted by Gasteiger charge is 2.35. The van der Waals surface area contributed by atoms with Crippen LogP contribution in [0.3, 0.4) is 0 Å². The van der Waals surface area contributed by atoms with Gasteiger partial charge < -0.3 is 15.5 Å². The van der Waals surface area contributed by atoms with Crippen molar-refractivity contribution in [2.75, 3.05) is 24.3 Å². The van der Waals surface area contributed by atoms with Crippen LogP contribution in [-0.4, -0.2) is 36.0 Å². The number of amides is 1. The van der Waals surface area contributed by atoms with E-state index in [2.05, 4.69) is 20.6 Å². The number of halogens is 3. The van der Waals surface area contributed by atoms with E-state index in [-0.39, 0.29) is 23.4 Å². The van der Waals surface area contributed by atoms with Crippen LogP contribution in [0.1, 0.15) is 55.3 Å². The highest BCUT2D eigenvalue weighted by molar-refractivity contribution is 5.79. The summed E-state index contributed by atoms with van der Waals surface area (Å²) in [5.74, 6) is 0.993. The van der Waals surface area contributed by atoms with Gasteiger partial charge in [0.15, 0.2) is 0 Å². The predicted molar refractivity (Wildman–Crippen MR) is 118 cm³/mol. The van der Waals surface area contributed by atoms with Crippen molar-refractivity contribution in [3.8, 4) is 0 Å². The van der Waals surface area contributed by atoms with Gasteiger partial charge in [0.2, 0.25) is 11.9 Å². The third-order valence-corrected chi connectivity index (χ3v) is 5.89. The molecule has 1 atom stereocenters. The third kappa shape index (κ3) is 5.69. The third-order valence-electron chi connectivity index (χ3n) is 5.89. The summed E-state index contributed by atoms with van der Waals surface area (Å²) in [4.78, 5) is 23.6. The Morgan fingerprint density at radius 2 is 1.81 bits per heavy atom. The highest BCUT2D eigenvalue weighted by atomic mass is 19.4. The van der Waals surface area contributed by atoms with Crippen LogP contribution in [0, 0.1) is 12.8 Å². The van der Waals surface area contributed by atoms with E-state index in [0.717, 1.165) is 30.3 Å². The Morgan fingerprint density at radius 1 is 1.16 bits per heavy atom. The van der Waals surface area contributed by atoms with E-state index >= 15 is 0 Å². The molecule has 0 saturated heterocycles. The zero-order valence-electron chi connectivity index (χ0n) is 18.8. The van der Waals surface area contributed by atoms with Crippen molar-refractivity contribution in [1.29, 1.82) is 0 Å². The maximum atomic E-state index is 13.3. The van der Waals surface area contributed by atoms with Crippen molar-refractivity contribution in [3.05, 3.63) is 47.2 Å². The molecule has 3 rings (SSSR count). The van der Waals surface area contributed by atoms with Gasteiger partial charge >= 0.3 is 6.18 Å². The zero-order valence-corrected chi connectivity index (χ0v) is 18.8. The van der Waals surface area contributed by atoms with E-state index in [1.165, 1.54) is 12.1 Å². The molecule has 0 radical (unpaired) electrons. The summed E-state index contributed by atoms with van der Waals surface area (Å²) >= 11 is 0. The van der Waals surface area contributed by atoms with Crippen LogP contribution in [-0.2, 0) is 11.0 Å². The summed E-state index contributed by atoms with van der Waals surface area (Å²) in [5, 5.41) is 6.13. The van der Waals surface area contributed by atoms with Crippen LogP contribution in [0.15, 0.2) is 30.5 Å². The van der Waals surface area contributed by atoms with Crippen molar-refractivity contribution < 1.29 is 18.0 Å². The number of carbonyl (C=O) groups is 1. The highest BCUT2D eigenvalue weighted by Crippen LogP contribution is 2.35. The maximum Gasteiger partial charge on any atom is 0.416 e. The Labute approximate surface area is 186 Å². The summed E-state index contributed by atoms with van der Waals surface area (Å²) in [6.07, 6.45) is 0.168. The molecule has 9 heteroatoms. The summed E-state index contributed by atoms with van der Waals surface area (Å²) < 4.78 is 39.8. The number of hydrogen-bond acceptors (Lipinski definition) is 5. The van der Waals surface area contributed by atoms with Crippen molar-refractivity contribution in [2.24, 2.45) is 5.92 Å². The number of aryl methyl sites for hydroxylation is 1. The van der Waals surface area contributed by atoms with Gasteiger partial charge in [-0.2, -0.15) is 18.2 Å². The van der Waals surface area contributed by atoms with Crippen LogP contribution < -0.4 is 15.5 Å². The number of aromatic nitrogens is 2. The average molecular weight is 450 g/mol. The molecule has 1 aromatic heterocycles. The van der Waals surface area contributed by atoms with Gasteiger partial charge in [-0.05, 0) is 51.2 Å². The Bertz CT molecular complexity index is 939. The lowest BCUT2D eigenvalue weighted by atomic mass is 9.85. The fraction of sp³-hybridized carbons (Fsp3) is 0.522. The molecule has 1 heterocycles. The first-order chi connectivity index (χ1) is 15.1. The van der Waals surface area contributed by atoms with E-state index in [9.17, 15) is 18.0 Å². The molecule has 174 valence electrons. The second-order valence-corrected chi connectivity index (χ2v) is 8.60. The quantitative estimate of drug-likeness (QED) is 0.668. The van der Waals surface area contributed by atoms with Crippen LogP contribution in [0.4, 0.5) is 24.9 Å². The number of rotatable bonds is 6. The fourth-order valence-corrected chi connectivity index (χ4v) is 4.18. The van der Waals surface area contributed by atoms with Gasteiger partial charge in [-0.25, -0.2) is 4.98 Å². The smallest absolute Gasteiger partial charge is 0.362 e. The first-order valence-corrected chi connectivity index (χ1v) is 10.8. The molecule has 1 aliphatic rings. The molecule has 6 nitrogen and oxygen atoms in total. The maximum absolute atomic E-state index is 13.3. The standard InChI is InChI=1S/C23H30F3N5O/c1-14-13-27-22(30-20(14)31(3)4)29-17-11-9-16(10-12-17)21(32)28-15(2)18-7-5-6-8-19(18)23(24,25)26/h5-8,13,15-17H,9-12H2,1-4H3,(H,28,32)(H,27,29,30)/t15-,16?,17?/m1/s1. The number of alkyl halides is 3. The number of benzene rings is 1. The summed E-state index contributed by atoms with van der Waals surface area (Å²) in [6, 6.07) is 4.80. The second-order valence-electron chi connectivity index (χ2n) is 8.60. The van der Waals surface area contributed by atoms with Crippen molar-refractivity contribution >= 4 is 17.7 Å². The first-order valence-electron chi connectivity index (χ1n) is 10.8. The van der Waals surface area contributed by atoms with Crippen LogP contribution >= 0.6 is 0 Å². The number of carbonyl (C=O) groups excluding carboxylic acids is 1. The Balaban J connectivity index is 1.56. The normalized spacial score (nSPS) is 19.8. The minimum Gasteiger partial charge on any atom is -0.362 e. The first kappa shape index (κ1) is 23.8. The fourth-order valence-electron chi connectivity index (χ4n) is 4.18. The summed E-state index contributed by atoms with van der Waals surface area (Å²) in [7, 11) is 3.86. The van der Waals surface area contributed by atoms with E-state index in [1.54, 1.807) is 19.2 Å². The van der Waals surface area contributed by atoms with Gasteiger partial charge in [0.05, 0.1) is 11.6 Å². The van der Waals surface area contributed by atoms with E-state index in [0.29, 0.717) is 18.8 Å².